The van der Waals surface area contributed by atoms with Gasteiger partial charge in [-0.15, -0.1) is 0 Å². The molecule has 0 unspecified atom stereocenters. The van der Waals surface area contributed by atoms with E-state index in [0.29, 0.717) is 11.7 Å². The average Bonchev–Trinajstić information content (AvgIpc) is 3.29. The Morgan fingerprint density at radius 3 is 2.31 bits per heavy atom. The molecule has 5 aliphatic carbocycles. The fourth-order valence-electron chi connectivity index (χ4n) is 9.72. The summed E-state index contributed by atoms with van der Waals surface area (Å²) in [5, 5.41) is 4.16. The van der Waals surface area contributed by atoms with Crippen molar-refractivity contribution in [1.29, 1.82) is 0 Å². The van der Waals surface area contributed by atoms with Gasteiger partial charge in [0.25, 0.3) is 0 Å². The molecule has 1 aromatic rings. The van der Waals surface area contributed by atoms with Gasteiger partial charge < -0.3 is 9.32 Å². The van der Waals surface area contributed by atoms with Gasteiger partial charge >= 0.3 is 0 Å². The Labute approximate surface area is 232 Å². The van der Waals surface area contributed by atoms with Crippen molar-refractivity contribution in [2.45, 2.75) is 106 Å². The molecule has 5 aliphatic rings. The highest BCUT2D eigenvalue weighted by Crippen LogP contribution is 2.75. The zero-order chi connectivity index (χ0) is 28.4. The first kappa shape index (κ1) is 26.7. The number of aromatic nitrogens is 2. The summed E-state index contributed by atoms with van der Waals surface area (Å²) in [5.74, 6) is 3.54. The molecule has 6 heteroatoms. The molecule has 5 atom stereocenters. The van der Waals surface area contributed by atoms with Crippen LogP contribution in [0.2, 0.25) is 0 Å². The van der Waals surface area contributed by atoms with Crippen LogP contribution in [0.3, 0.4) is 0 Å². The molecule has 0 aliphatic heterocycles. The van der Waals surface area contributed by atoms with Crippen LogP contribution in [0.4, 0.5) is 0 Å². The zero-order valence-electron chi connectivity index (χ0n) is 24.7. The second-order valence-corrected chi connectivity index (χ2v) is 15.1. The average molecular weight is 528 g/mol. The summed E-state index contributed by atoms with van der Waals surface area (Å²) < 4.78 is 5.87. The number of nitrogens with zero attached hydrogens (tertiary/aromatic N) is 3. The number of carbonyl (C=O) groups is 2. The van der Waals surface area contributed by atoms with Gasteiger partial charge in [-0.3, -0.25) is 4.79 Å². The number of aryl methyl sites for hydroxylation is 1. The predicted molar refractivity (Wildman–Crippen MR) is 148 cm³/mol. The molecule has 0 aromatic carbocycles. The molecule has 206 valence electrons. The van der Waals surface area contributed by atoms with E-state index in [1.807, 2.05) is 32.9 Å². The second-order valence-electron chi connectivity index (χ2n) is 15.1. The summed E-state index contributed by atoms with van der Waals surface area (Å²) in [6.07, 6.45) is 10.1. The van der Waals surface area contributed by atoms with Gasteiger partial charge in [-0.2, -0.15) is 4.98 Å². The lowest BCUT2D eigenvalue weighted by Crippen LogP contribution is -2.64. The molecule has 0 amide bonds. The lowest BCUT2D eigenvalue weighted by atomic mass is 9.34. The van der Waals surface area contributed by atoms with E-state index in [9.17, 15) is 9.59 Å². The number of hydrogen-bond donors (Lipinski definition) is 0. The van der Waals surface area contributed by atoms with Gasteiger partial charge in [0, 0.05) is 16.7 Å². The first-order chi connectivity index (χ1) is 18.1. The normalized spacial score (nSPS) is 41.4. The highest BCUT2D eigenvalue weighted by atomic mass is 16.5. The van der Waals surface area contributed by atoms with Crippen molar-refractivity contribution in [3.05, 3.63) is 58.4 Å². The molecular formula is C33H41N3O3. The molecule has 0 bridgehead atoms. The van der Waals surface area contributed by atoms with Crippen LogP contribution in [0.15, 0.2) is 27.9 Å². The summed E-state index contributed by atoms with van der Waals surface area (Å²) in [5.41, 5.74) is -0.790. The third-order valence-corrected chi connectivity index (χ3v) is 12.1. The Balaban J connectivity index is 1.54. The first-order valence-electron chi connectivity index (χ1n) is 14.5. The largest absolute Gasteiger partial charge is 0.339 e. The minimum absolute atomic E-state index is 0.0468. The molecule has 0 spiro atoms. The fraction of sp³-hybridized carbons (Fsp3) is 0.667. The summed E-state index contributed by atoms with van der Waals surface area (Å²) in [6, 6.07) is 0. The molecule has 1 aromatic heterocycles. The van der Waals surface area contributed by atoms with Gasteiger partial charge in [0.15, 0.2) is 17.4 Å². The van der Waals surface area contributed by atoms with E-state index in [4.69, 9.17) is 16.1 Å². The summed E-state index contributed by atoms with van der Waals surface area (Å²) in [6.45, 7) is 25.0. The Morgan fingerprint density at radius 1 is 0.974 bits per heavy atom. The molecule has 0 N–H and O–H groups in total. The van der Waals surface area contributed by atoms with Crippen molar-refractivity contribution in [2.24, 2.45) is 33.0 Å². The molecule has 2 radical (unpaired) electrons. The molecular weight excluding hydrogens is 486 g/mol. The number of hydrogen-bond acceptors (Lipinski definition) is 5. The number of allylic oxidation sites excluding steroid dienone is 4. The van der Waals surface area contributed by atoms with Crippen LogP contribution in [0.1, 0.15) is 105 Å². The number of carbonyl (C=O) groups excluding carboxylic acids is 2. The van der Waals surface area contributed by atoms with Crippen molar-refractivity contribution in [3.8, 4) is 0 Å². The zero-order valence-corrected chi connectivity index (χ0v) is 24.7. The maximum atomic E-state index is 14.5. The summed E-state index contributed by atoms with van der Waals surface area (Å²) in [4.78, 5) is 36.2. The minimum atomic E-state index is -0.654. The third-order valence-electron chi connectivity index (χ3n) is 12.1. The van der Waals surface area contributed by atoms with Crippen molar-refractivity contribution < 1.29 is 14.1 Å². The quantitative estimate of drug-likeness (QED) is 0.364. The molecule has 1 heterocycles. The van der Waals surface area contributed by atoms with Crippen LogP contribution in [0, 0.1) is 58.3 Å². The fourth-order valence-corrected chi connectivity index (χ4v) is 9.72. The van der Waals surface area contributed by atoms with E-state index < -0.39 is 10.8 Å². The Bertz CT molecular complexity index is 1390. The van der Waals surface area contributed by atoms with Crippen molar-refractivity contribution in [1.82, 2.24) is 10.1 Å². The van der Waals surface area contributed by atoms with Crippen molar-refractivity contribution >= 4 is 11.6 Å². The molecule has 3 saturated carbocycles. The number of Topliss-reactive ketones (excluding diaryl/α,β-unsaturated/α-hetero) is 1. The standard InChI is InChI=1S/C33H41N3O3/c1-19-35-27(39-36-19)33-14-12-28(2,3)17-20(33)25-22(37)16-24-30(6)18-21(34-9)26(38)29(4,5)23(30)10-11-31(24,7)32(25,8)13-15-33/h16,18,23H,10-15,17H2,1-8H3/t23-,30-,31+,32+,33-/m0/s1. The van der Waals surface area contributed by atoms with E-state index in [2.05, 4.69) is 44.6 Å². The Morgan fingerprint density at radius 2 is 1.67 bits per heavy atom. The van der Waals surface area contributed by atoms with Crippen LogP contribution in [-0.2, 0) is 15.0 Å². The molecule has 6 nitrogen and oxygen atoms in total. The maximum Gasteiger partial charge on any atom is 0.233 e. The maximum absolute atomic E-state index is 14.5. The van der Waals surface area contributed by atoms with Crippen molar-refractivity contribution in [3.63, 3.8) is 0 Å². The number of ketones is 2. The van der Waals surface area contributed by atoms with Gasteiger partial charge in [-0.05, 0) is 80.1 Å². The monoisotopic (exact) mass is 527 g/mol. The van der Waals surface area contributed by atoms with E-state index in [1.54, 1.807) is 0 Å². The Kier molecular flexibility index (Phi) is 5.33. The minimum Gasteiger partial charge on any atom is -0.339 e. The van der Waals surface area contributed by atoms with Gasteiger partial charge in [-0.25, -0.2) is 4.85 Å². The number of fused-ring (bicyclic) bond motifs is 7. The number of rotatable bonds is 1. The highest BCUT2D eigenvalue weighted by Gasteiger charge is 2.71. The van der Waals surface area contributed by atoms with Crippen LogP contribution in [-0.4, -0.2) is 21.7 Å². The summed E-state index contributed by atoms with van der Waals surface area (Å²) in [7, 11) is 0. The molecule has 6 rings (SSSR count). The van der Waals surface area contributed by atoms with Crippen LogP contribution in [0.25, 0.3) is 4.85 Å². The molecule has 3 fully saturated rings. The smallest absolute Gasteiger partial charge is 0.233 e. The first-order valence-corrected chi connectivity index (χ1v) is 14.5. The third kappa shape index (κ3) is 3.19. The van der Waals surface area contributed by atoms with E-state index in [0.717, 1.165) is 56.4 Å². The van der Waals surface area contributed by atoms with Crippen molar-refractivity contribution in [2.75, 3.05) is 0 Å². The van der Waals surface area contributed by atoms with Gasteiger partial charge in [0.1, 0.15) is 0 Å². The van der Waals surface area contributed by atoms with Crippen LogP contribution >= 0.6 is 0 Å². The topological polar surface area (TPSA) is 77.4 Å². The lowest BCUT2D eigenvalue weighted by Gasteiger charge is -2.68. The van der Waals surface area contributed by atoms with E-state index in [1.165, 1.54) is 5.92 Å². The molecule has 39 heavy (non-hydrogen) atoms. The molecule has 0 saturated heterocycles. The highest BCUT2D eigenvalue weighted by molar-refractivity contribution is 6.08. The van der Waals surface area contributed by atoms with E-state index >= 15 is 0 Å². The Hall–Kier alpha value is -2.55. The lowest BCUT2D eigenvalue weighted by molar-refractivity contribution is -0.133. The van der Waals surface area contributed by atoms with E-state index in [-0.39, 0.29) is 44.8 Å². The summed E-state index contributed by atoms with van der Waals surface area (Å²) >= 11 is 0. The van der Waals surface area contributed by atoms with Crippen LogP contribution in [0.5, 0.6) is 0 Å². The second kappa shape index (κ2) is 7.80. The SMILES string of the molecule is [C-]#[N+]C1=C[C@]2(C)C3=CC(=O)[C]4[C]5CC(C)(C)CC[C@]5(c5nc(C)no5)CC[C@@]4(C)[C@]3(C)CC[C@H]2C(C)(C)C1=O. The van der Waals surface area contributed by atoms with Gasteiger partial charge in [0.2, 0.25) is 11.6 Å². The van der Waals surface area contributed by atoms with Crippen LogP contribution < -0.4 is 0 Å². The van der Waals surface area contributed by atoms with Gasteiger partial charge in [0.05, 0.1) is 17.9 Å². The van der Waals surface area contributed by atoms with Gasteiger partial charge in [-0.1, -0.05) is 65.3 Å². The predicted octanol–water partition coefficient (Wildman–Crippen LogP) is 7.12.